The fraction of sp³-hybridized carbons (Fsp3) is 0.800. The molecule has 63 heteroatoms. The van der Waals surface area contributed by atoms with E-state index in [4.69, 9.17) is 0 Å². The Kier molecular flexibility index (Phi) is 71.9. The monoisotopic (exact) mass is 1580 g/mol. The van der Waals surface area contributed by atoms with Crippen LogP contribution in [0.1, 0.15) is 125 Å². The number of rotatable bonds is 0. The van der Waals surface area contributed by atoms with E-state index in [0.29, 0.717) is 0 Å². The van der Waals surface area contributed by atoms with Crippen LogP contribution in [0.2, 0.25) is 0 Å². The Hall–Kier alpha value is -5.55. The molecule has 0 aromatic carbocycles. The molecule has 0 aliphatic heterocycles. The van der Waals surface area contributed by atoms with Crippen molar-refractivity contribution in [3.05, 3.63) is 38.0 Å². The molecule has 6 aromatic heterocycles. The molecular formula is C30H78B6Cu3F24N24O6+6. The minimum Gasteiger partial charge on any atom is -0.457 e. The first-order valence-corrected chi connectivity index (χ1v) is 22.3. The smallest absolute Gasteiger partial charge is 0.457 e. The summed E-state index contributed by atoms with van der Waals surface area (Å²) in [5.41, 5.74) is 0.0208. The Morgan fingerprint density at radius 1 is 0.194 bits per heavy atom. The Morgan fingerprint density at radius 2 is 0.258 bits per heavy atom. The van der Waals surface area contributed by atoms with Crippen LogP contribution < -0.4 is 0 Å². The Balaban J connectivity index is -0.0000000549. The van der Waals surface area contributed by atoms with E-state index in [1.54, 1.807) is 66.1 Å². The average molecular weight is 1580 g/mol. The van der Waals surface area contributed by atoms with Gasteiger partial charge < -0.3 is 136 Å². The van der Waals surface area contributed by atoms with Gasteiger partial charge in [-0.25, -0.2) is 28.1 Å². The number of hydrogen-bond donors (Lipinski definition) is 0. The molecule has 0 amide bonds. The molecule has 0 bridgehead atoms. The average Bonchev–Trinajstić information content (AvgIpc) is 4.07. The summed E-state index contributed by atoms with van der Waals surface area (Å²) in [5, 5.41) is 64.7. The molecule has 0 atom stereocenters. The molecule has 0 unspecified atom stereocenters. The quantitative estimate of drug-likeness (QED) is 0.112. The van der Waals surface area contributed by atoms with Gasteiger partial charge in [0.1, 0.15) is 38.0 Å². The van der Waals surface area contributed by atoms with E-state index in [0.717, 1.165) is 0 Å². The van der Waals surface area contributed by atoms with Crippen molar-refractivity contribution >= 4 is 43.5 Å². The normalized spacial score (nSPS) is 10.8. The fourth-order valence-corrected chi connectivity index (χ4v) is 2.81. The first kappa shape index (κ1) is 125. The van der Waals surface area contributed by atoms with Crippen LogP contribution in [0.25, 0.3) is 0 Å². The number of hydrogen-bond acceptors (Lipinski definition) is 18. The van der Waals surface area contributed by atoms with Crippen molar-refractivity contribution in [3.63, 3.8) is 0 Å². The van der Waals surface area contributed by atoms with Gasteiger partial charge in [0.2, 0.25) is 0 Å². The first-order chi connectivity index (χ1) is 36.6. The zero-order chi connectivity index (χ0) is 68.4. The largest absolute Gasteiger partial charge is 2.00 e. The van der Waals surface area contributed by atoms with Crippen LogP contribution in [0.15, 0.2) is 38.0 Å². The van der Waals surface area contributed by atoms with Crippen molar-refractivity contribution < 1.29 is 188 Å². The van der Waals surface area contributed by atoms with Crippen LogP contribution in [-0.2, 0) is 117 Å². The van der Waals surface area contributed by atoms with Crippen LogP contribution >= 0.6 is 0 Å². The third kappa shape index (κ3) is 117. The molecule has 6 rings (SSSR count). The molecule has 0 aliphatic rings. The zero-order valence-corrected chi connectivity index (χ0v) is 54.9. The predicted molar refractivity (Wildman–Crippen MR) is 287 cm³/mol. The summed E-state index contributed by atoms with van der Waals surface area (Å²) in [6.07, 6.45) is 9.67. The third-order valence-electron chi connectivity index (χ3n) is 6.22. The van der Waals surface area contributed by atoms with Gasteiger partial charge in [-0.1, -0.05) is 0 Å². The van der Waals surface area contributed by atoms with E-state index in [1.165, 1.54) is 0 Å². The summed E-state index contributed by atoms with van der Waals surface area (Å²) >= 11 is 0. The summed E-state index contributed by atoms with van der Waals surface area (Å²) in [4.78, 5) is 0. The van der Waals surface area contributed by atoms with Gasteiger partial charge in [0.25, 0.3) is 0 Å². The Labute approximate surface area is 546 Å². The molecule has 0 saturated carbocycles. The molecule has 0 spiro atoms. The van der Waals surface area contributed by atoms with Gasteiger partial charge in [-0.05, 0) is 187 Å². The van der Waals surface area contributed by atoms with Crippen LogP contribution in [-0.4, -0.2) is 165 Å². The van der Waals surface area contributed by atoms with Crippen LogP contribution in [0.5, 0.6) is 0 Å². The predicted octanol–water partition coefficient (Wildman–Crippen LogP) is 4.83. The molecule has 0 aliphatic carbocycles. The van der Waals surface area contributed by atoms with E-state index < -0.39 is 43.5 Å². The summed E-state index contributed by atoms with van der Waals surface area (Å²) in [5.74, 6) is 0. The van der Waals surface area contributed by atoms with Crippen molar-refractivity contribution in [2.45, 2.75) is 158 Å². The molecule has 30 nitrogen and oxygen atoms in total. The van der Waals surface area contributed by atoms with Gasteiger partial charge >= 0.3 is 94.7 Å². The summed E-state index contributed by atoms with van der Waals surface area (Å²) in [6, 6.07) is 0. The molecule has 6 aromatic rings. The van der Waals surface area contributed by atoms with Crippen molar-refractivity contribution in [1.29, 1.82) is 0 Å². The van der Waals surface area contributed by atoms with Crippen molar-refractivity contribution in [3.8, 4) is 0 Å². The van der Waals surface area contributed by atoms with E-state index >= 15 is 0 Å². The van der Waals surface area contributed by atoms with Gasteiger partial charge in [0, 0.05) is 0 Å². The van der Waals surface area contributed by atoms with Gasteiger partial charge in [0.15, 0.2) is 0 Å². The van der Waals surface area contributed by atoms with Crippen LogP contribution in [0.4, 0.5) is 104 Å². The Morgan fingerprint density at radius 3 is 0.280 bits per heavy atom. The summed E-state index contributed by atoms with van der Waals surface area (Å²) < 4.78 is 244. The number of nitrogens with zero attached hydrogens (tertiary/aromatic N) is 24. The van der Waals surface area contributed by atoms with E-state index in [-0.39, 0.29) is 117 Å². The van der Waals surface area contributed by atoms with Gasteiger partial charge in [-0.3, -0.25) is 0 Å². The second-order valence-electron chi connectivity index (χ2n) is 20.5. The molecular weight excluding hydrogens is 1500 g/mol. The second kappa shape index (κ2) is 53.7. The maximum absolute atomic E-state index is 9.75. The number of halogens is 24. The molecule has 567 valence electrons. The van der Waals surface area contributed by atoms with E-state index in [2.05, 4.69) is 93.2 Å². The zero-order valence-electron chi connectivity index (χ0n) is 52.1. The number of tetrazole rings is 6. The van der Waals surface area contributed by atoms with Crippen molar-refractivity contribution in [2.75, 3.05) is 0 Å². The summed E-state index contributed by atoms with van der Waals surface area (Å²) in [6.45, 7) is 36.8. The molecule has 3 radical (unpaired) electrons. The first-order valence-electron chi connectivity index (χ1n) is 22.3. The number of aromatic nitrogens is 24. The van der Waals surface area contributed by atoms with Crippen LogP contribution in [0, 0.1) is 0 Å². The molecule has 6 heterocycles. The second-order valence-corrected chi connectivity index (χ2v) is 20.5. The topological polar surface area (TPSA) is 460 Å². The minimum atomic E-state index is -6.00. The molecule has 0 fully saturated rings. The SMILES string of the molecule is CC(C)(C)n1cnnn1.CC(C)(C)n1cnnn1.CC(C)(C)n1cnnn1.CC(C)(C)n1cnnn1.CC(C)(C)n1cnnn1.CC(C)(C)n1cnnn1.F[B-](F)(F)F.F[B-](F)(F)F.F[B-](F)(F)F.F[B-](F)(F)F.F[B-](F)(F)F.F[B-](F)(F)F.[Cu+2].[Cu+2].[Cu+2].[OH3+].[OH3+].[OH3+].[OH3+].[OH3+].[OH3+]. The Bertz CT molecular complexity index is 1960. The molecule has 0 saturated heterocycles. The maximum Gasteiger partial charge on any atom is 2.00 e. The van der Waals surface area contributed by atoms with E-state index in [1.807, 2.05) is 125 Å². The minimum absolute atomic E-state index is 0. The summed E-state index contributed by atoms with van der Waals surface area (Å²) in [7, 11) is -36.0. The van der Waals surface area contributed by atoms with E-state index in [9.17, 15) is 104 Å². The van der Waals surface area contributed by atoms with Gasteiger partial charge in [-0.15, -0.1) is 30.6 Å². The van der Waals surface area contributed by atoms with Crippen LogP contribution in [0.3, 0.4) is 0 Å². The molecule has 18 N–H and O–H groups in total. The van der Waals surface area contributed by atoms with Crippen molar-refractivity contribution in [1.82, 2.24) is 121 Å². The molecule has 93 heavy (non-hydrogen) atoms. The van der Waals surface area contributed by atoms with Gasteiger partial charge in [0.05, 0.1) is 33.2 Å². The third-order valence-corrected chi connectivity index (χ3v) is 6.22. The van der Waals surface area contributed by atoms with Crippen molar-refractivity contribution in [2.24, 2.45) is 0 Å². The maximum atomic E-state index is 9.75. The fourth-order valence-electron chi connectivity index (χ4n) is 2.81. The standard InChI is InChI=1S/6C5H10N4.6BF4.3Cu.6H2O/c6*1-5(2,3)9-4-6-7-8-9;6*2-1(3,4)5;;;;;;;;;/h6*4H,1-3H3;;;;;;;;;;6*1H2/q;;;;;;6*-1;3*+2;;;;;;/p+6. The van der Waals surface area contributed by atoms with Gasteiger partial charge in [-0.2, -0.15) is 0 Å².